The number of aliphatic hydroxyl groups excluding tert-OH is 1. The zero-order chi connectivity index (χ0) is 28.8. The summed E-state index contributed by atoms with van der Waals surface area (Å²) in [5.41, 5.74) is 4.14. The molecule has 1 spiro atoms. The van der Waals surface area contributed by atoms with Crippen LogP contribution in [0.4, 0.5) is 0 Å². The van der Waals surface area contributed by atoms with E-state index in [-0.39, 0.29) is 24.0 Å². The minimum Gasteiger partial charge on any atom is -0.471 e. The normalized spacial score (nSPS) is 18.8. The van der Waals surface area contributed by atoms with E-state index in [1.54, 1.807) is 24.6 Å². The van der Waals surface area contributed by atoms with Gasteiger partial charge in [0.2, 0.25) is 11.8 Å². The van der Waals surface area contributed by atoms with Crippen LogP contribution in [0.15, 0.2) is 48.1 Å². The summed E-state index contributed by atoms with van der Waals surface area (Å²) in [4.78, 5) is 21.9. The lowest BCUT2D eigenvalue weighted by Crippen LogP contribution is -2.52. The maximum absolute atomic E-state index is 12.7. The number of rotatable bonds is 13. The number of pyridine rings is 1. The van der Waals surface area contributed by atoms with Crippen molar-refractivity contribution in [3.63, 3.8) is 0 Å². The maximum atomic E-state index is 12.7. The number of nitrogens with zero attached hydrogens (tertiary/aromatic N) is 2. The lowest BCUT2D eigenvalue weighted by molar-refractivity contribution is -0.123. The topological polar surface area (TPSA) is 106 Å². The minimum atomic E-state index is -0.805. The summed E-state index contributed by atoms with van der Waals surface area (Å²) >= 11 is 1.59. The Kier molecular flexibility index (Phi) is 9.70. The number of amides is 1. The standard InChI is InChI=1S/C32H42N4O4S/c1-21(2)14-23-16-25-27(18-32(9-5-10-32)40-30(25)35-19-23)34-20-28(37)26(36-29(38)8-12-39-3)17-22-6-4-7-24(15-22)31-33-11-13-41-31/h4,6-7,11,13,15-16,19,21,26-28,34,37H,5,8-10,12,14,17-18,20H2,1-3H3,(H,36,38)/t26-,27-,28+/m0/s1. The minimum absolute atomic E-state index is 0.0198. The molecule has 3 atom stereocenters. The Labute approximate surface area is 246 Å². The molecule has 1 amide bonds. The molecule has 5 rings (SSSR count). The SMILES string of the molecule is COCCC(=O)N[C@@H](Cc1cccc(-c2nccs2)c1)[C@H](O)CN[C@H]1CC2(CCC2)Oc2ncc(CC(C)C)cc21. The van der Waals surface area contributed by atoms with Crippen LogP contribution in [0.5, 0.6) is 5.88 Å². The highest BCUT2D eigenvalue weighted by atomic mass is 32.1. The van der Waals surface area contributed by atoms with E-state index < -0.39 is 12.1 Å². The largest absolute Gasteiger partial charge is 0.471 e. The van der Waals surface area contributed by atoms with Crippen LogP contribution in [0, 0.1) is 5.92 Å². The molecular formula is C32H42N4O4S. The third-order valence-corrected chi connectivity index (χ3v) is 8.91. The van der Waals surface area contributed by atoms with Gasteiger partial charge in [0.1, 0.15) is 10.6 Å². The zero-order valence-electron chi connectivity index (χ0n) is 24.3. The molecule has 3 N–H and O–H groups in total. The van der Waals surface area contributed by atoms with Crippen molar-refractivity contribution >= 4 is 17.2 Å². The lowest BCUT2D eigenvalue weighted by Gasteiger charge is -2.47. The van der Waals surface area contributed by atoms with Crippen molar-refractivity contribution in [1.29, 1.82) is 0 Å². The Bertz CT molecular complexity index is 1290. The van der Waals surface area contributed by atoms with E-state index >= 15 is 0 Å². The first-order valence-corrected chi connectivity index (χ1v) is 15.6. The second-order valence-corrected chi connectivity index (χ2v) is 12.8. The third kappa shape index (κ3) is 7.52. The number of hydrogen-bond acceptors (Lipinski definition) is 8. The molecule has 41 heavy (non-hydrogen) atoms. The number of fused-ring (bicyclic) bond motifs is 1. The predicted molar refractivity (Wildman–Crippen MR) is 161 cm³/mol. The van der Waals surface area contributed by atoms with Crippen LogP contribution in [-0.4, -0.2) is 59.0 Å². The number of thiazole rings is 1. The van der Waals surface area contributed by atoms with Crippen LogP contribution in [0.25, 0.3) is 10.6 Å². The number of carbonyl (C=O) groups is 1. The van der Waals surface area contributed by atoms with Crippen LogP contribution in [0.3, 0.4) is 0 Å². The van der Waals surface area contributed by atoms with E-state index in [0.29, 0.717) is 31.4 Å². The van der Waals surface area contributed by atoms with Gasteiger partial charge in [-0.2, -0.15) is 0 Å². The average molecular weight is 579 g/mol. The monoisotopic (exact) mass is 578 g/mol. The summed E-state index contributed by atoms with van der Waals surface area (Å²) in [5, 5.41) is 21.1. The summed E-state index contributed by atoms with van der Waals surface area (Å²) in [6.45, 7) is 5.08. The maximum Gasteiger partial charge on any atom is 0.222 e. The summed E-state index contributed by atoms with van der Waals surface area (Å²) < 4.78 is 11.5. The molecule has 0 bridgehead atoms. The highest BCUT2D eigenvalue weighted by Crippen LogP contribution is 2.48. The highest BCUT2D eigenvalue weighted by molar-refractivity contribution is 7.13. The number of benzene rings is 1. The van der Waals surface area contributed by atoms with Gasteiger partial charge in [0.05, 0.1) is 18.8 Å². The Morgan fingerprint density at radius 3 is 2.78 bits per heavy atom. The third-order valence-electron chi connectivity index (χ3n) is 8.09. The number of nitrogens with one attached hydrogen (secondary N) is 2. The molecule has 2 aliphatic rings. The molecule has 2 aromatic heterocycles. The van der Waals surface area contributed by atoms with Crippen molar-refractivity contribution in [3.8, 4) is 16.5 Å². The molecule has 8 nitrogen and oxygen atoms in total. The van der Waals surface area contributed by atoms with Crippen LogP contribution in [0.2, 0.25) is 0 Å². The van der Waals surface area contributed by atoms with E-state index in [4.69, 9.17) is 14.5 Å². The van der Waals surface area contributed by atoms with Gasteiger partial charge in [-0.15, -0.1) is 11.3 Å². The van der Waals surface area contributed by atoms with Crippen LogP contribution < -0.4 is 15.4 Å². The van der Waals surface area contributed by atoms with E-state index in [9.17, 15) is 9.90 Å². The highest BCUT2D eigenvalue weighted by Gasteiger charge is 2.46. The van der Waals surface area contributed by atoms with Gasteiger partial charge < -0.3 is 25.2 Å². The van der Waals surface area contributed by atoms with Crippen LogP contribution in [0.1, 0.15) is 68.7 Å². The summed E-state index contributed by atoms with van der Waals surface area (Å²) in [6, 6.07) is 9.91. The van der Waals surface area contributed by atoms with Gasteiger partial charge in [-0.1, -0.05) is 32.0 Å². The van der Waals surface area contributed by atoms with Crippen molar-refractivity contribution < 1.29 is 19.4 Å². The first kappa shape index (κ1) is 29.6. The van der Waals surface area contributed by atoms with Crippen molar-refractivity contribution in [3.05, 3.63) is 64.8 Å². The van der Waals surface area contributed by atoms with Crippen LogP contribution in [-0.2, 0) is 22.4 Å². The Morgan fingerprint density at radius 1 is 1.22 bits per heavy atom. The number of methoxy groups -OCH3 is 1. The van der Waals surface area contributed by atoms with Crippen LogP contribution >= 0.6 is 11.3 Å². The molecule has 1 aliphatic carbocycles. The molecule has 1 fully saturated rings. The smallest absolute Gasteiger partial charge is 0.222 e. The number of carbonyl (C=O) groups excluding carboxylic acids is 1. The molecule has 9 heteroatoms. The lowest BCUT2D eigenvalue weighted by atomic mass is 9.73. The average Bonchev–Trinajstić information content (AvgIpc) is 3.48. The van der Waals surface area contributed by atoms with Gasteiger partial charge in [0, 0.05) is 61.4 Å². The summed E-state index contributed by atoms with van der Waals surface area (Å²) in [6.07, 6.45) is 8.68. The Morgan fingerprint density at radius 2 is 2.07 bits per heavy atom. The van der Waals surface area contributed by atoms with Gasteiger partial charge in [-0.05, 0) is 61.3 Å². The van der Waals surface area contributed by atoms with E-state index in [1.807, 2.05) is 29.8 Å². The molecule has 3 aromatic rings. The van der Waals surface area contributed by atoms with Crippen molar-refractivity contribution in [2.45, 2.75) is 82.6 Å². The molecule has 1 aliphatic heterocycles. The molecule has 220 valence electrons. The fraction of sp³-hybridized carbons (Fsp3) is 0.531. The fourth-order valence-electron chi connectivity index (χ4n) is 5.83. The predicted octanol–water partition coefficient (Wildman–Crippen LogP) is 4.86. The van der Waals surface area contributed by atoms with Crippen molar-refractivity contribution in [2.75, 3.05) is 20.3 Å². The second-order valence-electron chi connectivity index (χ2n) is 11.9. The molecular weight excluding hydrogens is 536 g/mol. The second kappa shape index (κ2) is 13.4. The van der Waals surface area contributed by atoms with Gasteiger partial charge in [-0.25, -0.2) is 9.97 Å². The van der Waals surface area contributed by atoms with Crippen molar-refractivity contribution in [1.82, 2.24) is 20.6 Å². The number of aliphatic hydroxyl groups is 1. The summed E-state index contributed by atoms with van der Waals surface area (Å²) in [7, 11) is 1.58. The van der Waals surface area contributed by atoms with Gasteiger partial charge in [0.25, 0.3) is 0 Å². The first-order chi connectivity index (χ1) is 19.8. The molecule has 0 unspecified atom stereocenters. The van der Waals surface area contributed by atoms with Gasteiger partial charge in [0.15, 0.2) is 0 Å². The van der Waals surface area contributed by atoms with E-state index in [2.05, 4.69) is 41.6 Å². The molecule has 1 saturated carbocycles. The van der Waals surface area contributed by atoms with E-state index in [1.165, 1.54) is 5.56 Å². The van der Waals surface area contributed by atoms with E-state index in [0.717, 1.165) is 53.8 Å². The number of ether oxygens (including phenoxy) is 2. The number of aromatic nitrogens is 2. The Hall–Kier alpha value is -2.85. The molecule has 1 aromatic carbocycles. The fourth-order valence-corrected chi connectivity index (χ4v) is 6.47. The van der Waals surface area contributed by atoms with Gasteiger partial charge >= 0.3 is 0 Å². The summed E-state index contributed by atoms with van der Waals surface area (Å²) in [5.74, 6) is 1.10. The van der Waals surface area contributed by atoms with Gasteiger partial charge in [-0.3, -0.25) is 4.79 Å². The quantitative estimate of drug-likeness (QED) is 0.266. The Balaban J connectivity index is 1.32. The van der Waals surface area contributed by atoms with Crippen molar-refractivity contribution in [2.24, 2.45) is 5.92 Å². The zero-order valence-corrected chi connectivity index (χ0v) is 25.1. The number of hydrogen-bond donors (Lipinski definition) is 3. The molecule has 3 heterocycles. The first-order valence-electron chi connectivity index (χ1n) is 14.7. The molecule has 0 radical (unpaired) electrons. The molecule has 0 saturated heterocycles.